The maximum Gasteiger partial charge on any atom is 0.250 e. The molecule has 742 valence electrons. The van der Waals surface area contributed by atoms with Crippen molar-refractivity contribution in [2.24, 2.45) is 22.7 Å². The molecule has 0 spiro atoms. The third-order valence-corrected chi connectivity index (χ3v) is 31.9. The molecule has 4 saturated heterocycles. The fourth-order valence-corrected chi connectivity index (χ4v) is 23.4. The van der Waals surface area contributed by atoms with Crippen LogP contribution >= 0.6 is 45.3 Å². The molecule has 0 radical (unpaired) electrons. The summed E-state index contributed by atoms with van der Waals surface area (Å²) in [7, 11) is 5.24. The van der Waals surface area contributed by atoms with Crippen LogP contribution in [-0.4, -0.2) is 175 Å². The van der Waals surface area contributed by atoms with Crippen molar-refractivity contribution in [3.8, 4) is 45.0 Å². The number of amides is 8. The summed E-state index contributed by atoms with van der Waals surface area (Å²) < 4.78 is 5.69. The second-order valence-electron chi connectivity index (χ2n) is 40.1. The normalized spacial score (nSPS) is 18.4. The molecular formula is C112H136N16O9S4. The topological polar surface area (TPSA) is 314 Å². The molecule has 10 heterocycles. The van der Waals surface area contributed by atoms with E-state index in [4.69, 9.17) is 24.4 Å². The average molecular weight is 1980 g/mol. The molecule has 25 nitrogen and oxygen atoms in total. The van der Waals surface area contributed by atoms with Crippen LogP contribution in [0.15, 0.2) is 214 Å². The lowest BCUT2D eigenvalue weighted by molar-refractivity contribution is -0.141. The summed E-state index contributed by atoms with van der Waals surface area (Å²) in [5.41, 5.74) is 11.1. The summed E-state index contributed by atoms with van der Waals surface area (Å²) in [6, 6.07) is 55.2. The Balaban J connectivity index is 0.000000142. The molecule has 12 atom stereocenters. The van der Waals surface area contributed by atoms with E-state index in [1.165, 1.54) is 33.5 Å². The number of benzene rings is 7. The van der Waals surface area contributed by atoms with Crippen LogP contribution in [0.5, 0.6) is 0 Å². The molecule has 5 fully saturated rings. The third kappa shape index (κ3) is 24.9. The Kier molecular flexibility index (Phi) is 34.7. The highest BCUT2D eigenvalue weighted by atomic mass is 32.1. The predicted octanol–water partition coefficient (Wildman–Crippen LogP) is 20.7. The third-order valence-electron chi connectivity index (χ3n) is 28.2. The average Bonchev–Trinajstić information content (AvgIpc) is 1.62. The van der Waals surface area contributed by atoms with E-state index >= 15 is 0 Å². The van der Waals surface area contributed by atoms with Crippen molar-refractivity contribution in [2.75, 3.05) is 47.3 Å². The number of H-pyrrole nitrogens is 1. The summed E-state index contributed by atoms with van der Waals surface area (Å²) in [5, 5.41) is 39.0. The van der Waals surface area contributed by atoms with Crippen LogP contribution in [0.4, 0.5) is 0 Å². The molecule has 1 saturated carbocycles. The fourth-order valence-electron chi connectivity index (χ4n) is 19.6. The van der Waals surface area contributed by atoms with Gasteiger partial charge in [-0.05, 0) is 194 Å². The van der Waals surface area contributed by atoms with Gasteiger partial charge in [0.2, 0.25) is 47.3 Å². The molecule has 7 aromatic carbocycles. The van der Waals surface area contributed by atoms with E-state index < -0.39 is 41.0 Å². The molecule has 6 aromatic heterocycles. The number of carbonyl (C=O) groups excluding carboxylic acids is 8. The van der Waals surface area contributed by atoms with Crippen LogP contribution in [0, 0.1) is 29.6 Å². The molecule has 18 rings (SSSR count). The van der Waals surface area contributed by atoms with Crippen LogP contribution in [-0.2, 0) is 44.8 Å². The molecule has 1 aliphatic carbocycles. The zero-order valence-corrected chi connectivity index (χ0v) is 86.8. The molecule has 8 amide bonds. The first kappa shape index (κ1) is 103. The van der Waals surface area contributed by atoms with Gasteiger partial charge in [-0.2, -0.15) is 0 Å². The first-order valence-electron chi connectivity index (χ1n) is 49.9. The van der Waals surface area contributed by atoms with Gasteiger partial charge in [0.05, 0.1) is 65.1 Å². The standard InChI is InChI=1S/C32H38N4O2S.C29H30N4O2S.C26H36N4O2S.C25H32N4O3S/c1-21(16-17-23-12-8-18-33-23)29(37)35-28(32(2,3)4)31(38)36-19-9-15-27(36)30-34-26(20-39-30)25-14-7-11-22-10-5-6-13-24(22)25;1-19(30-2)27(34)32-26(21-11-4-3-5-12-21)29(35)33-17-9-16-25(33)28-31-24(18-36-28)23-15-8-13-20-10-6-7-14-22(20)23;1-17-9-7-12-20(15-17)21-16-33-25(28-21)22-13-8-14-30(22)26(32)23(19-10-5-4-6-11-19)29-24(31)18(2)27-3;1-15(26-5)22(30)28-21(25(2,3)4)24(31)29-12-8-10-19(29)23-27-18(14-33-23)17-13-32-20-11-7-6-9-16(17)20/h5-8,10-14,18,20-21,27-28,33H,9,15-17,19H2,1-4H3,(H,35,37);3-8,10-15,18-19,25-26,30H,9,16-17H2,1-2H3,(H,32,34);7,9,12,15-16,18-19,22-23,27H,4-6,8,10-11,13-14H2,1-3H3,(H,29,31);6-7,9,11,13-15,19,21,26H,8,10,12H2,1-5H3,(H,28,30)/t21-,27+,28-;19-,25-,26-;18-,22-,23-;15-,19-,21+/m1000/s1. The van der Waals surface area contributed by atoms with Crippen LogP contribution in [0.25, 0.3) is 77.5 Å². The number of thiazole rings is 4. The van der Waals surface area contributed by atoms with Gasteiger partial charge in [-0.1, -0.05) is 225 Å². The molecule has 5 aliphatic rings. The number of aromatic nitrogens is 5. The summed E-state index contributed by atoms with van der Waals surface area (Å²) >= 11 is 6.43. The number of hydrogen-bond donors (Lipinski definition) is 8. The van der Waals surface area contributed by atoms with Crippen molar-refractivity contribution in [3.05, 3.63) is 247 Å². The first-order valence-corrected chi connectivity index (χ1v) is 53.4. The summed E-state index contributed by atoms with van der Waals surface area (Å²) in [6.45, 7) is 24.1. The lowest BCUT2D eigenvalue weighted by Gasteiger charge is -2.36. The number of nitrogens with zero attached hydrogens (tertiary/aromatic N) is 8. The summed E-state index contributed by atoms with van der Waals surface area (Å²) in [4.78, 5) is 138. The van der Waals surface area contributed by atoms with Gasteiger partial charge in [-0.25, -0.2) is 19.9 Å². The van der Waals surface area contributed by atoms with Crippen LogP contribution in [0.3, 0.4) is 0 Å². The highest BCUT2D eigenvalue weighted by Gasteiger charge is 2.46. The quantitative estimate of drug-likeness (QED) is 0.0226. The van der Waals surface area contributed by atoms with E-state index in [0.717, 1.165) is 184 Å². The SMILES string of the molecule is CN[C@@H](C)C(=O)N[C@H](C(=O)N1CCC[C@H]1c1nc(-c2cccc(C)c2)cs1)C1CCCCC1.CN[C@@H](C)C(=O)N[C@H](C(=O)N1CCC[C@H]1c1nc(-c2cccc3ccccc23)cs1)c1ccccc1.CN[C@@H](C)C(=O)N[C@H](C(=O)N1CCC[C@H]1c1nc(-c2coc3ccccc23)cs1)C(C)(C)C.C[C@H](CCc1ccc[nH]1)C(=O)N[C@H](C(=O)N1CCC[C@H]1c1nc(-c2cccc3ccccc23)cs1)C(C)(C)C. The van der Waals surface area contributed by atoms with Gasteiger partial charge in [0.1, 0.15) is 56.0 Å². The molecule has 29 heteroatoms. The minimum absolute atomic E-state index is 0.00854. The van der Waals surface area contributed by atoms with Gasteiger partial charge < -0.3 is 66.2 Å². The van der Waals surface area contributed by atoms with E-state index in [1.54, 1.807) is 86.6 Å². The zero-order valence-electron chi connectivity index (χ0n) is 83.5. The number of aryl methyl sites for hydroxylation is 2. The number of nitrogens with one attached hydrogen (secondary N) is 8. The number of fused-ring (bicyclic) bond motifs is 3. The monoisotopic (exact) mass is 1980 g/mol. The predicted molar refractivity (Wildman–Crippen MR) is 567 cm³/mol. The van der Waals surface area contributed by atoms with Gasteiger partial charge >= 0.3 is 0 Å². The number of carbonyl (C=O) groups is 8. The van der Waals surface area contributed by atoms with E-state index in [1.807, 2.05) is 171 Å². The minimum atomic E-state index is -0.743. The lowest BCUT2D eigenvalue weighted by Crippen LogP contribution is -2.57. The Morgan fingerprint density at radius 3 is 1.32 bits per heavy atom. The highest BCUT2D eigenvalue weighted by Crippen LogP contribution is 2.45. The largest absolute Gasteiger partial charge is 0.464 e. The summed E-state index contributed by atoms with van der Waals surface area (Å²) in [6.07, 6.45) is 17.9. The van der Waals surface area contributed by atoms with E-state index in [2.05, 4.69) is 156 Å². The van der Waals surface area contributed by atoms with Crippen molar-refractivity contribution >= 4 is 125 Å². The van der Waals surface area contributed by atoms with Crippen molar-refractivity contribution in [2.45, 2.75) is 239 Å². The molecule has 13 aromatic rings. The molecular weight excluding hydrogens is 1840 g/mol. The number of para-hydroxylation sites is 1. The number of hydrogen-bond acceptors (Lipinski definition) is 20. The van der Waals surface area contributed by atoms with Crippen molar-refractivity contribution in [3.63, 3.8) is 0 Å². The van der Waals surface area contributed by atoms with E-state index in [0.29, 0.717) is 19.6 Å². The second kappa shape index (κ2) is 47.3. The molecule has 141 heavy (non-hydrogen) atoms. The highest BCUT2D eigenvalue weighted by molar-refractivity contribution is 7.11. The smallest absolute Gasteiger partial charge is 0.250 e. The Morgan fingerprint density at radius 2 is 0.837 bits per heavy atom. The van der Waals surface area contributed by atoms with E-state index in [-0.39, 0.29) is 95.3 Å². The Hall–Kier alpha value is -12.0. The zero-order chi connectivity index (χ0) is 99.8. The van der Waals surface area contributed by atoms with Gasteiger partial charge in [-0.3, -0.25) is 38.4 Å². The van der Waals surface area contributed by atoms with E-state index in [9.17, 15) is 38.4 Å². The van der Waals surface area contributed by atoms with Gasteiger partial charge in [-0.15, -0.1) is 45.3 Å². The van der Waals surface area contributed by atoms with Crippen LogP contribution in [0.2, 0.25) is 0 Å². The molecule has 4 aliphatic heterocycles. The minimum Gasteiger partial charge on any atom is -0.464 e. The maximum atomic E-state index is 14.0. The number of rotatable bonds is 28. The lowest BCUT2D eigenvalue weighted by atomic mass is 9.83. The fraction of sp³-hybridized carbons (Fsp3) is 0.429. The van der Waals surface area contributed by atoms with Crippen molar-refractivity contribution in [1.82, 2.24) is 81.7 Å². The van der Waals surface area contributed by atoms with Crippen molar-refractivity contribution < 1.29 is 42.8 Å². The first-order chi connectivity index (χ1) is 68.0. The summed E-state index contributed by atoms with van der Waals surface area (Å²) in [5.74, 6) is -0.638. The number of aromatic amines is 1. The van der Waals surface area contributed by atoms with Gasteiger partial charge in [0.15, 0.2) is 0 Å². The Morgan fingerprint density at radius 1 is 0.418 bits per heavy atom. The maximum absolute atomic E-state index is 14.0. The molecule has 0 bridgehead atoms. The van der Waals surface area contributed by atoms with Crippen molar-refractivity contribution in [1.29, 1.82) is 0 Å². The van der Waals surface area contributed by atoms with Crippen LogP contribution in [0.1, 0.15) is 226 Å². The number of likely N-dealkylation sites (tertiary alicyclic amines) is 4. The molecule has 0 unspecified atom stereocenters. The Bertz CT molecular complexity index is 6430. The molecule has 8 N–H and O–H groups in total. The number of furan rings is 1. The van der Waals surface area contributed by atoms with Crippen LogP contribution < -0.4 is 37.2 Å². The number of likely N-dealkylation sites (N-methyl/N-ethyl adjacent to an activating group) is 3. The van der Waals surface area contributed by atoms with Gasteiger partial charge in [0, 0.05) is 93.1 Å². The second-order valence-corrected chi connectivity index (χ2v) is 43.7. The Labute approximate surface area is 844 Å². The van der Waals surface area contributed by atoms with Gasteiger partial charge in [0.25, 0.3) is 0 Å².